The molecule has 0 fully saturated rings. The maximum absolute atomic E-state index is 10.2. The van der Waals surface area contributed by atoms with Crippen LogP contribution < -0.4 is 0 Å². The molecule has 0 N–H and O–H groups in total. The highest BCUT2D eigenvalue weighted by Gasteiger charge is 2.04. The van der Waals surface area contributed by atoms with E-state index in [2.05, 4.69) is 0 Å². The van der Waals surface area contributed by atoms with Gasteiger partial charge in [0.25, 0.3) is 0 Å². The summed E-state index contributed by atoms with van der Waals surface area (Å²) in [5, 5.41) is 10.2. The highest BCUT2D eigenvalue weighted by molar-refractivity contribution is 5.21. The molecule has 3 heteroatoms. The van der Waals surface area contributed by atoms with Crippen molar-refractivity contribution in [3.05, 3.63) is 33.0 Å². The number of hydrogen-bond donors (Lipinski definition) is 0. The first kappa shape index (κ1) is 9.88. The van der Waals surface area contributed by atoms with Crippen LogP contribution in [0.4, 0.5) is 0 Å². The molecule has 0 bridgehead atoms. The number of nitro groups is 1. The fraction of sp³-hybridized carbons (Fsp3) is 0.500. The summed E-state index contributed by atoms with van der Waals surface area (Å²) >= 11 is 0. The molecule has 62 valence electrons. The van der Waals surface area contributed by atoms with E-state index in [0.29, 0.717) is 0 Å². The van der Waals surface area contributed by atoms with Gasteiger partial charge < -0.3 is 0 Å². The molecule has 0 rings (SSSR count). The van der Waals surface area contributed by atoms with E-state index in [1.807, 2.05) is 13.8 Å². The minimum Gasteiger partial charge on any atom is -0.259 e. The van der Waals surface area contributed by atoms with Crippen LogP contribution in [-0.4, -0.2) is 4.92 Å². The lowest BCUT2D eigenvalue weighted by atomic mass is 10.2. The van der Waals surface area contributed by atoms with Crippen LogP contribution in [0.1, 0.15) is 27.7 Å². The minimum absolute atomic E-state index is 0.214. The van der Waals surface area contributed by atoms with E-state index in [-0.39, 0.29) is 10.6 Å². The molecule has 0 aliphatic rings. The molecule has 0 amide bonds. The Bertz CT molecular complexity index is 222. The molecule has 0 radical (unpaired) electrons. The lowest BCUT2D eigenvalue weighted by Gasteiger charge is -1.94. The van der Waals surface area contributed by atoms with Gasteiger partial charge in [-0.25, -0.2) is 0 Å². The summed E-state index contributed by atoms with van der Waals surface area (Å²) in [6.45, 7) is 7.08. The number of rotatable bonds is 2. The standard InChI is InChI=1S/C8H13NO2/c1-6(2)5-7(3)8(4)9(10)11/h5H,1-4H3/b8-7+. The molecule has 0 aliphatic carbocycles. The first-order valence-electron chi connectivity index (χ1n) is 3.42. The molecule has 0 aliphatic heterocycles. The number of hydrogen-bond acceptors (Lipinski definition) is 2. The molecule has 0 atom stereocenters. The molecular weight excluding hydrogens is 142 g/mol. The second kappa shape index (κ2) is 3.91. The zero-order valence-electron chi connectivity index (χ0n) is 7.34. The van der Waals surface area contributed by atoms with E-state index in [1.54, 1.807) is 13.0 Å². The van der Waals surface area contributed by atoms with Gasteiger partial charge in [0.2, 0.25) is 5.70 Å². The van der Waals surface area contributed by atoms with Crippen LogP contribution in [-0.2, 0) is 0 Å². The largest absolute Gasteiger partial charge is 0.259 e. The molecule has 0 saturated carbocycles. The van der Waals surface area contributed by atoms with Crippen LogP contribution in [0.15, 0.2) is 22.9 Å². The fourth-order valence-corrected chi connectivity index (χ4v) is 0.681. The highest BCUT2D eigenvalue weighted by Crippen LogP contribution is 2.07. The summed E-state index contributed by atoms with van der Waals surface area (Å²) in [4.78, 5) is 9.87. The molecule has 0 aromatic carbocycles. The average molecular weight is 155 g/mol. The maximum Gasteiger partial charge on any atom is 0.246 e. The van der Waals surface area contributed by atoms with E-state index in [4.69, 9.17) is 0 Å². The third-order valence-corrected chi connectivity index (χ3v) is 1.35. The Morgan fingerprint density at radius 2 is 1.73 bits per heavy atom. The lowest BCUT2D eigenvalue weighted by Crippen LogP contribution is -1.96. The van der Waals surface area contributed by atoms with E-state index >= 15 is 0 Å². The highest BCUT2D eigenvalue weighted by atomic mass is 16.6. The van der Waals surface area contributed by atoms with Crippen LogP contribution in [0.25, 0.3) is 0 Å². The van der Waals surface area contributed by atoms with Crippen LogP contribution >= 0.6 is 0 Å². The summed E-state index contributed by atoms with van der Waals surface area (Å²) < 4.78 is 0. The third-order valence-electron chi connectivity index (χ3n) is 1.35. The van der Waals surface area contributed by atoms with Crippen molar-refractivity contribution in [2.75, 3.05) is 0 Å². The predicted molar refractivity (Wildman–Crippen MR) is 44.8 cm³/mol. The molecular formula is C8H13NO2. The van der Waals surface area contributed by atoms with E-state index in [0.717, 1.165) is 11.1 Å². The zero-order valence-corrected chi connectivity index (χ0v) is 7.34. The molecule has 3 nitrogen and oxygen atoms in total. The Labute approximate surface area is 66.6 Å². The molecule has 0 heterocycles. The SMILES string of the molecule is CC(C)=C/C(C)=C(\C)[N+](=O)[O-]. The van der Waals surface area contributed by atoms with Crippen LogP contribution in [0, 0.1) is 10.1 Å². The van der Waals surface area contributed by atoms with Crippen molar-refractivity contribution in [3.8, 4) is 0 Å². The summed E-state index contributed by atoms with van der Waals surface area (Å²) in [5.41, 5.74) is 2.00. The molecule has 0 unspecified atom stereocenters. The van der Waals surface area contributed by atoms with Crippen LogP contribution in [0.3, 0.4) is 0 Å². The van der Waals surface area contributed by atoms with Crippen molar-refractivity contribution in [1.82, 2.24) is 0 Å². The Balaban J connectivity index is 4.68. The second-order valence-corrected chi connectivity index (χ2v) is 2.75. The molecule has 11 heavy (non-hydrogen) atoms. The Morgan fingerprint density at radius 3 is 2.00 bits per heavy atom. The van der Waals surface area contributed by atoms with E-state index < -0.39 is 0 Å². The Morgan fingerprint density at radius 1 is 1.27 bits per heavy atom. The normalized spacial score (nSPS) is 12.0. The van der Waals surface area contributed by atoms with Gasteiger partial charge in [-0.1, -0.05) is 11.6 Å². The minimum atomic E-state index is -0.366. The van der Waals surface area contributed by atoms with Gasteiger partial charge in [0.05, 0.1) is 4.92 Å². The quantitative estimate of drug-likeness (QED) is 0.349. The summed E-state index contributed by atoms with van der Waals surface area (Å²) in [5.74, 6) is 0. The second-order valence-electron chi connectivity index (χ2n) is 2.75. The first-order valence-corrected chi connectivity index (χ1v) is 3.42. The monoisotopic (exact) mass is 155 g/mol. The predicted octanol–water partition coefficient (Wildman–Crippen LogP) is 2.52. The van der Waals surface area contributed by atoms with Crippen molar-refractivity contribution in [1.29, 1.82) is 0 Å². The van der Waals surface area contributed by atoms with Crippen LogP contribution in [0.2, 0.25) is 0 Å². The van der Waals surface area contributed by atoms with Crippen molar-refractivity contribution >= 4 is 0 Å². The van der Waals surface area contributed by atoms with Crippen molar-refractivity contribution in [3.63, 3.8) is 0 Å². The summed E-state index contributed by atoms with van der Waals surface area (Å²) in [6.07, 6.45) is 1.80. The average Bonchev–Trinajstić information content (AvgIpc) is 1.84. The Kier molecular flexibility index (Phi) is 3.51. The zero-order chi connectivity index (χ0) is 9.02. The van der Waals surface area contributed by atoms with E-state index in [9.17, 15) is 10.1 Å². The molecule has 0 spiro atoms. The van der Waals surface area contributed by atoms with Gasteiger partial charge in [0.15, 0.2) is 0 Å². The van der Waals surface area contributed by atoms with E-state index in [1.165, 1.54) is 6.92 Å². The van der Waals surface area contributed by atoms with Crippen molar-refractivity contribution in [2.24, 2.45) is 0 Å². The topological polar surface area (TPSA) is 43.1 Å². The summed E-state index contributed by atoms with van der Waals surface area (Å²) in [6, 6.07) is 0. The number of allylic oxidation sites excluding steroid dienone is 4. The molecule has 0 aromatic rings. The van der Waals surface area contributed by atoms with Gasteiger partial charge in [-0.15, -0.1) is 0 Å². The van der Waals surface area contributed by atoms with Gasteiger partial charge in [-0.05, 0) is 20.8 Å². The molecule has 0 saturated heterocycles. The van der Waals surface area contributed by atoms with Crippen LogP contribution in [0.5, 0.6) is 0 Å². The van der Waals surface area contributed by atoms with Gasteiger partial charge in [-0.2, -0.15) is 0 Å². The van der Waals surface area contributed by atoms with Gasteiger partial charge in [-0.3, -0.25) is 10.1 Å². The first-order chi connectivity index (χ1) is 4.95. The van der Waals surface area contributed by atoms with Gasteiger partial charge in [0, 0.05) is 12.5 Å². The van der Waals surface area contributed by atoms with Crippen molar-refractivity contribution < 1.29 is 4.92 Å². The lowest BCUT2D eigenvalue weighted by molar-refractivity contribution is -0.425. The van der Waals surface area contributed by atoms with Gasteiger partial charge in [0.1, 0.15) is 0 Å². The molecule has 0 aromatic heterocycles. The third kappa shape index (κ3) is 3.55. The smallest absolute Gasteiger partial charge is 0.246 e. The summed E-state index contributed by atoms with van der Waals surface area (Å²) in [7, 11) is 0. The maximum atomic E-state index is 10.2. The number of nitrogens with zero attached hydrogens (tertiary/aromatic N) is 1. The van der Waals surface area contributed by atoms with Gasteiger partial charge >= 0.3 is 0 Å². The van der Waals surface area contributed by atoms with Crippen molar-refractivity contribution in [2.45, 2.75) is 27.7 Å². The Hall–Kier alpha value is -1.12. The fourth-order valence-electron chi connectivity index (χ4n) is 0.681.